The summed E-state index contributed by atoms with van der Waals surface area (Å²) in [6.45, 7) is 9.89. The Morgan fingerprint density at radius 3 is 2.30 bits per heavy atom. The molecule has 0 saturated carbocycles. The molecule has 0 unspecified atom stereocenters. The number of rotatable bonds is 2. The van der Waals surface area contributed by atoms with Crippen LogP contribution in [0.5, 0.6) is 0 Å². The lowest BCUT2D eigenvalue weighted by Crippen LogP contribution is -2.19. The summed E-state index contributed by atoms with van der Waals surface area (Å²) in [5, 5.41) is 0.580. The zero-order valence-electron chi connectivity index (χ0n) is 12.5. The van der Waals surface area contributed by atoms with Gasteiger partial charge in [0.2, 0.25) is 5.43 Å². The summed E-state index contributed by atoms with van der Waals surface area (Å²) < 4.78 is 4.92. The molecule has 0 aliphatic heterocycles. The van der Waals surface area contributed by atoms with Gasteiger partial charge in [0.15, 0.2) is 0 Å². The molecule has 106 valence electrons. The monoisotopic (exact) mass is 273 g/mol. The molecular weight excluding hydrogens is 254 g/mol. The van der Waals surface area contributed by atoms with Gasteiger partial charge in [0.25, 0.3) is 0 Å². The van der Waals surface area contributed by atoms with Gasteiger partial charge in [0.1, 0.15) is 5.56 Å². The van der Waals surface area contributed by atoms with E-state index < -0.39 is 5.97 Å². The lowest BCUT2D eigenvalue weighted by molar-refractivity contribution is 0.0524. The molecule has 1 aromatic carbocycles. The topological polar surface area (TPSA) is 59.2 Å². The molecule has 0 fully saturated rings. The SMILES string of the molecule is CCOC(=O)c1c[nH]c2c(C)c(C)c(C)c(C)c2c1=O. The molecular formula is C16H19NO3. The average molecular weight is 273 g/mol. The van der Waals surface area contributed by atoms with Gasteiger partial charge in [-0.25, -0.2) is 4.79 Å². The second-order valence-electron chi connectivity index (χ2n) is 5.00. The number of pyridine rings is 1. The number of aryl methyl sites for hydroxylation is 2. The standard InChI is InChI=1S/C16H19NO3/c1-6-20-16(19)12-7-17-14-11(5)9(3)8(2)10(4)13(14)15(12)18/h7H,6H2,1-5H3,(H,17,18). The van der Waals surface area contributed by atoms with Gasteiger partial charge < -0.3 is 9.72 Å². The molecule has 1 heterocycles. The molecule has 1 aromatic heterocycles. The highest BCUT2D eigenvalue weighted by atomic mass is 16.5. The summed E-state index contributed by atoms with van der Waals surface area (Å²) in [5.74, 6) is -0.578. The predicted molar refractivity (Wildman–Crippen MR) is 79.5 cm³/mol. The van der Waals surface area contributed by atoms with Crippen molar-refractivity contribution in [2.45, 2.75) is 34.6 Å². The Labute approximate surface area is 117 Å². The van der Waals surface area contributed by atoms with E-state index in [1.165, 1.54) is 6.20 Å². The number of carbonyl (C=O) groups excluding carboxylic acids is 1. The van der Waals surface area contributed by atoms with Gasteiger partial charge in [0, 0.05) is 11.6 Å². The summed E-state index contributed by atoms with van der Waals surface area (Å²) in [5.41, 5.74) is 4.79. The molecule has 2 rings (SSSR count). The van der Waals surface area contributed by atoms with E-state index in [0.29, 0.717) is 5.39 Å². The Bertz CT molecular complexity index is 757. The Kier molecular flexibility index (Phi) is 3.66. The van der Waals surface area contributed by atoms with E-state index in [4.69, 9.17) is 4.74 Å². The van der Waals surface area contributed by atoms with Crippen LogP contribution in [0.4, 0.5) is 0 Å². The van der Waals surface area contributed by atoms with Crippen molar-refractivity contribution in [3.63, 3.8) is 0 Å². The van der Waals surface area contributed by atoms with E-state index >= 15 is 0 Å². The first-order valence-electron chi connectivity index (χ1n) is 6.69. The third-order valence-electron chi connectivity index (χ3n) is 4.02. The molecule has 4 heteroatoms. The van der Waals surface area contributed by atoms with Crippen LogP contribution in [0.15, 0.2) is 11.0 Å². The fraction of sp³-hybridized carbons (Fsp3) is 0.375. The normalized spacial score (nSPS) is 10.8. The van der Waals surface area contributed by atoms with Crippen LogP contribution >= 0.6 is 0 Å². The van der Waals surface area contributed by atoms with Crippen LogP contribution < -0.4 is 5.43 Å². The third kappa shape index (κ3) is 2.01. The molecule has 0 radical (unpaired) electrons. The number of nitrogens with one attached hydrogen (secondary N) is 1. The fourth-order valence-corrected chi connectivity index (χ4v) is 2.48. The van der Waals surface area contributed by atoms with Crippen molar-refractivity contribution in [3.8, 4) is 0 Å². The van der Waals surface area contributed by atoms with Gasteiger partial charge >= 0.3 is 5.97 Å². The van der Waals surface area contributed by atoms with Crippen molar-refractivity contribution < 1.29 is 9.53 Å². The number of aromatic amines is 1. The number of fused-ring (bicyclic) bond motifs is 1. The van der Waals surface area contributed by atoms with Crippen LogP contribution in [0.2, 0.25) is 0 Å². The summed E-state index contributed by atoms with van der Waals surface area (Å²) in [6, 6.07) is 0. The Balaban J connectivity index is 2.87. The summed E-state index contributed by atoms with van der Waals surface area (Å²) >= 11 is 0. The second kappa shape index (κ2) is 5.12. The fourth-order valence-electron chi connectivity index (χ4n) is 2.48. The second-order valence-corrected chi connectivity index (χ2v) is 5.00. The number of benzene rings is 1. The maximum atomic E-state index is 12.6. The van der Waals surface area contributed by atoms with Crippen LogP contribution in [-0.4, -0.2) is 17.6 Å². The Morgan fingerprint density at radius 1 is 1.10 bits per heavy atom. The van der Waals surface area contributed by atoms with Crippen molar-refractivity contribution in [2.24, 2.45) is 0 Å². The maximum absolute atomic E-state index is 12.6. The zero-order valence-corrected chi connectivity index (χ0v) is 12.5. The van der Waals surface area contributed by atoms with Crippen LogP contribution in [0.3, 0.4) is 0 Å². The number of aromatic nitrogens is 1. The third-order valence-corrected chi connectivity index (χ3v) is 4.02. The number of hydrogen-bond acceptors (Lipinski definition) is 3. The van der Waals surface area contributed by atoms with E-state index in [1.807, 2.05) is 27.7 Å². The van der Waals surface area contributed by atoms with Crippen LogP contribution in [0.25, 0.3) is 10.9 Å². The molecule has 0 spiro atoms. The van der Waals surface area contributed by atoms with Crippen LogP contribution in [0, 0.1) is 27.7 Å². The molecule has 2 aromatic rings. The van der Waals surface area contributed by atoms with Gasteiger partial charge in [-0.3, -0.25) is 4.79 Å². The van der Waals surface area contributed by atoms with Gasteiger partial charge in [-0.15, -0.1) is 0 Å². The van der Waals surface area contributed by atoms with Crippen LogP contribution in [0.1, 0.15) is 39.5 Å². The quantitative estimate of drug-likeness (QED) is 0.856. The average Bonchev–Trinajstić information content (AvgIpc) is 2.42. The predicted octanol–water partition coefficient (Wildman–Crippen LogP) is 2.94. The molecule has 0 bridgehead atoms. The highest BCUT2D eigenvalue weighted by molar-refractivity contribution is 5.96. The smallest absolute Gasteiger partial charge is 0.343 e. The summed E-state index contributed by atoms with van der Waals surface area (Å²) in [6.07, 6.45) is 1.45. The van der Waals surface area contributed by atoms with Crippen molar-refractivity contribution in [1.29, 1.82) is 0 Å². The lowest BCUT2D eigenvalue weighted by atomic mass is 9.93. The first-order chi connectivity index (χ1) is 9.40. The minimum atomic E-state index is -0.578. The van der Waals surface area contributed by atoms with Gasteiger partial charge in [-0.05, 0) is 56.9 Å². The van der Waals surface area contributed by atoms with Gasteiger partial charge in [0.05, 0.1) is 12.1 Å². The first-order valence-corrected chi connectivity index (χ1v) is 6.69. The largest absolute Gasteiger partial charge is 0.462 e. The van der Waals surface area contributed by atoms with Crippen LogP contribution in [-0.2, 0) is 4.74 Å². The molecule has 4 nitrogen and oxygen atoms in total. The van der Waals surface area contributed by atoms with Crippen molar-refractivity contribution >= 4 is 16.9 Å². The number of ether oxygens (including phenoxy) is 1. The lowest BCUT2D eigenvalue weighted by Gasteiger charge is -2.14. The minimum Gasteiger partial charge on any atom is -0.462 e. The maximum Gasteiger partial charge on any atom is 0.343 e. The Morgan fingerprint density at radius 2 is 1.70 bits per heavy atom. The van der Waals surface area contributed by atoms with Gasteiger partial charge in [-0.1, -0.05) is 0 Å². The highest BCUT2D eigenvalue weighted by Gasteiger charge is 2.18. The Hall–Kier alpha value is -2.10. The molecule has 0 atom stereocenters. The van der Waals surface area contributed by atoms with E-state index in [0.717, 1.165) is 27.8 Å². The molecule has 20 heavy (non-hydrogen) atoms. The summed E-state index contributed by atoms with van der Waals surface area (Å²) in [7, 11) is 0. The molecule has 0 aliphatic carbocycles. The minimum absolute atomic E-state index is 0.0603. The van der Waals surface area contributed by atoms with E-state index in [9.17, 15) is 9.59 Å². The number of hydrogen-bond donors (Lipinski definition) is 1. The van der Waals surface area contributed by atoms with Crippen molar-refractivity contribution in [1.82, 2.24) is 4.98 Å². The van der Waals surface area contributed by atoms with E-state index in [2.05, 4.69) is 4.98 Å². The van der Waals surface area contributed by atoms with E-state index in [-0.39, 0.29) is 17.6 Å². The summed E-state index contributed by atoms with van der Waals surface area (Å²) in [4.78, 5) is 27.5. The van der Waals surface area contributed by atoms with E-state index in [1.54, 1.807) is 6.92 Å². The number of H-pyrrole nitrogens is 1. The number of esters is 1. The van der Waals surface area contributed by atoms with Crippen molar-refractivity contribution in [3.05, 3.63) is 44.2 Å². The first kappa shape index (κ1) is 14.3. The molecule has 0 amide bonds. The highest BCUT2D eigenvalue weighted by Crippen LogP contribution is 2.25. The molecule has 1 N–H and O–H groups in total. The van der Waals surface area contributed by atoms with Gasteiger partial charge in [-0.2, -0.15) is 0 Å². The zero-order chi connectivity index (χ0) is 15.0. The van der Waals surface area contributed by atoms with Crippen molar-refractivity contribution in [2.75, 3.05) is 6.61 Å². The number of carbonyl (C=O) groups is 1. The molecule has 0 aliphatic rings. The molecule has 0 saturated heterocycles.